The molecule has 0 aliphatic heterocycles. The minimum atomic E-state index is -0.112. The topological polar surface area (TPSA) is 36.3 Å². The van der Waals surface area contributed by atoms with Gasteiger partial charge in [0.1, 0.15) is 11.5 Å². The van der Waals surface area contributed by atoms with E-state index in [0.29, 0.717) is 6.61 Å². The van der Waals surface area contributed by atoms with Crippen molar-refractivity contribution in [3.63, 3.8) is 0 Å². The van der Waals surface area contributed by atoms with Crippen molar-refractivity contribution in [2.45, 2.75) is 32.4 Å². The number of aromatic nitrogens is 2. The second kappa shape index (κ2) is 9.78. The van der Waals surface area contributed by atoms with Crippen molar-refractivity contribution >= 4 is 21.8 Å². The quantitative estimate of drug-likeness (QED) is 0.229. The molecule has 0 bridgehead atoms. The van der Waals surface area contributed by atoms with Gasteiger partial charge in [0.2, 0.25) is 0 Å². The van der Waals surface area contributed by atoms with Crippen molar-refractivity contribution in [2.75, 3.05) is 6.61 Å². The summed E-state index contributed by atoms with van der Waals surface area (Å²) in [6, 6.07) is 32.8. The molecule has 0 amide bonds. The van der Waals surface area contributed by atoms with Crippen LogP contribution in [0.3, 0.4) is 0 Å². The fraction of sp³-hybridized carbons (Fsp3) is 0.207. The van der Waals surface area contributed by atoms with Gasteiger partial charge in [-0.25, -0.2) is 4.98 Å². The maximum absolute atomic E-state index is 6.33. The second-order valence-corrected chi connectivity index (χ2v) is 8.12. The lowest BCUT2D eigenvalue weighted by Gasteiger charge is -2.19. The van der Waals surface area contributed by atoms with Gasteiger partial charge in [0, 0.05) is 11.9 Å². The van der Waals surface area contributed by atoms with E-state index in [9.17, 15) is 0 Å². The van der Waals surface area contributed by atoms with Gasteiger partial charge >= 0.3 is 0 Å². The van der Waals surface area contributed by atoms with Gasteiger partial charge in [-0.05, 0) is 48.6 Å². The lowest BCUT2D eigenvalue weighted by Crippen LogP contribution is -2.15. The Bertz CT molecular complexity index is 1340. The van der Waals surface area contributed by atoms with Crippen LogP contribution < -0.4 is 9.47 Å². The Balaban J connectivity index is 1.35. The minimum absolute atomic E-state index is 0.112. The van der Waals surface area contributed by atoms with Crippen molar-refractivity contribution in [1.82, 2.24) is 9.55 Å². The molecule has 1 unspecified atom stereocenters. The Morgan fingerprint density at radius 3 is 2.45 bits per heavy atom. The number of hydrogen-bond acceptors (Lipinski definition) is 3. The van der Waals surface area contributed by atoms with Crippen LogP contribution in [0.25, 0.3) is 21.8 Å². The van der Waals surface area contributed by atoms with Gasteiger partial charge in [-0.1, -0.05) is 73.7 Å². The molecule has 0 aliphatic carbocycles. The van der Waals surface area contributed by atoms with Crippen LogP contribution in [0.1, 0.15) is 31.7 Å². The normalized spacial score (nSPS) is 12.2. The summed E-state index contributed by atoms with van der Waals surface area (Å²) in [4.78, 5) is 4.95. The van der Waals surface area contributed by atoms with Crippen molar-refractivity contribution in [3.05, 3.63) is 103 Å². The van der Waals surface area contributed by atoms with E-state index in [0.717, 1.165) is 53.1 Å². The zero-order valence-corrected chi connectivity index (χ0v) is 18.9. The van der Waals surface area contributed by atoms with Gasteiger partial charge in [-0.2, -0.15) is 0 Å². The van der Waals surface area contributed by atoms with E-state index in [-0.39, 0.29) is 6.10 Å². The molecular weight excluding hydrogens is 408 g/mol. The largest absolute Gasteiger partial charge is 0.493 e. The molecule has 4 aromatic carbocycles. The lowest BCUT2D eigenvalue weighted by molar-refractivity contribution is 0.185. The Morgan fingerprint density at radius 1 is 0.818 bits per heavy atom. The van der Waals surface area contributed by atoms with E-state index >= 15 is 0 Å². The van der Waals surface area contributed by atoms with E-state index in [1.807, 2.05) is 48.5 Å². The van der Waals surface area contributed by atoms with Crippen LogP contribution in [0.2, 0.25) is 0 Å². The van der Waals surface area contributed by atoms with Gasteiger partial charge < -0.3 is 14.0 Å². The Labute approximate surface area is 194 Å². The number of hydrogen-bond donors (Lipinski definition) is 0. The highest BCUT2D eigenvalue weighted by Gasteiger charge is 2.20. The van der Waals surface area contributed by atoms with Gasteiger partial charge in [0.15, 0.2) is 11.9 Å². The molecular formula is C29H28N2O2. The molecule has 1 heterocycles. The Kier molecular flexibility index (Phi) is 6.25. The smallest absolute Gasteiger partial charge is 0.156 e. The first-order chi connectivity index (χ1) is 16.3. The summed E-state index contributed by atoms with van der Waals surface area (Å²) >= 11 is 0. The number of rotatable bonds is 9. The van der Waals surface area contributed by atoms with Crippen LogP contribution in [0.5, 0.6) is 11.5 Å². The third kappa shape index (κ3) is 4.56. The number of fused-ring (bicyclic) bond motifs is 2. The standard InChI is InChI=1S/C29H28N2O2/c1-2-27(33-23-14-4-3-5-15-23)29-30-25-17-8-9-18-26(25)31(29)20-11-21-32-28-19-10-13-22-12-6-7-16-24(22)28/h3-10,12-19,27H,2,11,20-21H2,1H3. The number of nitrogens with zero attached hydrogens (tertiary/aromatic N) is 2. The van der Waals surface area contributed by atoms with Crippen molar-refractivity contribution < 1.29 is 9.47 Å². The van der Waals surface area contributed by atoms with Gasteiger partial charge in [0.05, 0.1) is 17.6 Å². The summed E-state index contributed by atoms with van der Waals surface area (Å²) in [6.45, 7) is 3.59. The number of para-hydroxylation sites is 3. The molecule has 0 fully saturated rings. The molecule has 0 saturated carbocycles. The zero-order valence-electron chi connectivity index (χ0n) is 18.9. The molecule has 0 radical (unpaired) electrons. The maximum atomic E-state index is 6.33. The fourth-order valence-corrected chi connectivity index (χ4v) is 4.28. The Hall–Kier alpha value is -3.79. The number of ether oxygens (including phenoxy) is 2. The van der Waals surface area contributed by atoms with Crippen LogP contribution in [0, 0.1) is 0 Å². The molecule has 1 atom stereocenters. The third-order valence-electron chi connectivity index (χ3n) is 5.90. The second-order valence-electron chi connectivity index (χ2n) is 8.12. The highest BCUT2D eigenvalue weighted by atomic mass is 16.5. The van der Waals surface area contributed by atoms with Gasteiger partial charge in [-0.3, -0.25) is 0 Å². The number of aryl methyl sites for hydroxylation is 1. The first kappa shape index (κ1) is 21.1. The predicted octanol–water partition coefficient (Wildman–Crippen LogP) is 7.19. The van der Waals surface area contributed by atoms with E-state index in [1.165, 1.54) is 5.39 Å². The third-order valence-corrected chi connectivity index (χ3v) is 5.90. The first-order valence-electron chi connectivity index (χ1n) is 11.6. The molecule has 0 saturated heterocycles. The average Bonchev–Trinajstić information content (AvgIpc) is 3.24. The molecule has 4 nitrogen and oxygen atoms in total. The summed E-state index contributed by atoms with van der Waals surface area (Å²) in [5, 5.41) is 2.35. The molecule has 1 aromatic heterocycles. The van der Waals surface area contributed by atoms with Crippen LogP contribution in [0.4, 0.5) is 0 Å². The molecule has 5 rings (SSSR count). The monoisotopic (exact) mass is 436 g/mol. The summed E-state index contributed by atoms with van der Waals surface area (Å²) in [7, 11) is 0. The number of benzene rings is 4. The van der Waals surface area contributed by atoms with Crippen LogP contribution >= 0.6 is 0 Å². The maximum Gasteiger partial charge on any atom is 0.156 e. The first-order valence-corrected chi connectivity index (χ1v) is 11.6. The molecule has 0 spiro atoms. The molecule has 166 valence electrons. The summed E-state index contributed by atoms with van der Waals surface area (Å²) < 4.78 is 14.8. The van der Waals surface area contributed by atoms with Crippen LogP contribution in [0.15, 0.2) is 97.1 Å². The van der Waals surface area contributed by atoms with E-state index in [2.05, 4.69) is 60.0 Å². The summed E-state index contributed by atoms with van der Waals surface area (Å²) in [5.41, 5.74) is 2.13. The molecule has 0 aliphatic rings. The van der Waals surface area contributed by atoms with Crippen molar-refractivity contribution in [2.24, 2.45) is 0 Å². The Morgan fingerprint density at radius 2 is 1.58 bits per heavy atom. The zero-order chi connectivity index (χ0) is 22.5. The van der Waals surface area contributed by atoms with Crippen LogP contribution in [-0.4, -0.2) is 16.2 Å². The van der Waals surface area contributed by atoms with Gasteiger partial charge in [-0.15, -0.1) is 0 Å². The van der Waals surface area contributed by atoms with Gasteiger partial charge in [0.25, 0.3) is 0 Å². The fourth-order valence-electron chi connectivity index (χ4n) is 4.28. The average molecular weight is 437 g/mol. The highest BCUT2D eigenvalue weighted by molar-refractivity contribution is 5.88. The molecule has 4 heteroatoms. The molecule has 0 N–H and O–H groups in total. The SMILES string of the molecule is CCC(Oc1ccccc1)c1nc2ccccc2n1CCCOc1cccc2ccccc12. The summed E-state index contributed by atoms with van der Waals surface area (Å²) in [5.74, 6) is 2.76. The number of imidazole rings is 1. The van der Waals surface area contributed by atoms with Crippen molar-refractivity contribution in [3.8, 4) is 11.5 Å². The minimum Gasteiger partial charge on any atom is -0.493 e. The molecule has 33 heavy (non-hydrogen) atoms. The lowest BCUT2D eigenvalue weighted by atomic mass is 10.1. The van der Waals surface area contributed by atoms with E-state index < -0.39 is 0 Å². The highest BCUT2D eigenvalue weighted by Crippen LogP contribution is 2.28. The van der Waals surface area contributed by atoms with E-state index in [1.54, 1.807) is 0 Å². The van der Waals surface area contributed by atoms with Crippen LogP contribution in [-0.2, 0) is 6.54 Å². The summed E-state index contributed by atoms with van der Waals surface area (Å²) in [6.07, 6.45) is 1.60. The predicted molar refractivity (Wildman–Crippen MR) is 134 cm³/mol. The van der Waals surface area contributed by atoms with E-state index in [4.69, 9.17) is 14.5 Å². The molecule has 5 aromatic rings. The van der Waals surface area contributed by atoms with Crippen molar-refractivity contribution in [1.29, 1.82) is 0 Å².